The molecule has 0 spiro atoms. The molecule has 0 saturated carbocycles. The number of hydrogen-bond donors (Lipinski definition) is 2. The minimum Gasteiger partial charge on any atom is -0.384 e. The van der Waals surface area contributed by atoms with Crippen molar-refractivity contribution in [1.29, 1.82) is 0 Å². The second-order valence-electron chi connectivity index (χ2n) is 4.46. The van der Waals surface area contributed by atoms with Crippen LogP contribution in [-0.4, -0.2) is 4.98 Å². The topological polar surface area (TPSA) is 50.9 Å². The fourth-order valence-corrected chi connectivity index (χ4v) is 2.20. The maximum Gasteiger partial charge on any atom is 0.125 e. The molecule has 3 heteroatoms. The molecule has 3 aromatic rings. The SMILES string of the molecule is Nc1cc(NCc2cccc3ccccc23)ccn1. The normalized spacial score (nSPS) is 10.5. The van der Waals surface area contributed by atoms with E-state index in [9.17, 15) is 0 Å². The van der Waals surface area contributed by atoms with Crippen molar-refractivity contribution in [2.75, 3.05) is 11.1 Å². The number of fused-ring (bicyclic) bond motifs is 1. The van der Waals surface area contributed by atoms with E-state index in [2.05, 4.69) is 52.8 Å². The van der Waals surface area contributed by atoms with Crippen LogP contribution in [0.15, 0.2) is 60.8 Å². The number of nitrogens with zero attached hydrogens (tertiary/aromatic N) is 1. The van der Waals surface area contributed by atoms with Gasteiger partial charge in [0.15, 0.2) is 0 Å². The van der Waals surface area contributed by atoms with Gasteiger partial charge in [-0.05, 0) is 22.4 Å². The number of benzene rings is 2. The zero-order chi connectivity index (χ0) is 13.1. The smallest absolute Gasteiger partial charge is 0.125 e. The number of nitrogen functional groups attached to an aromatic ring is 1. The molecule has 0 unspecified atom stereocenters. The molecule has 0 saturated heterocycles. The maximum atomic E-state index is 5.67. The molecule has 0 aliphatic heterocycles. The van der Waals surface area contributed by atoms with Crippen molar-refractivity contribution in [3.05, 3.63) is 66.4 Å². The number of nitrogens with two attached hydrogens (primary N) is 1. The van der Waals surface area contributed by atoms with Gasteiger partial charge in [-0.1, -0.05) is 42.5 Å². The highest BCUT2D eigenvalue weighted by molar-refractivity contribution is 5.85. The molecule has 0 atom stereocenters. The highest BCUT2D eigenvalue weighted by Gasteiger charge is 2.00. The van der Waals surface area contributed by atoms with Crippen LogP contribution in [0.1, 0.15) is 5.56 Å². The van der Waals surface area contributed by atoms with Crippen molar-refractivity contribution in [3.8, 4) is 0 Å². The first-order valence-corrected chi connectivity index (χ1v) is 6.25. The van der Waals surface area contributed by atoms with Crippen molar-refractivity contribution < 1.29 is 0 Å². The Labute approximate surface area is 112 Å². The average Bonchev–Trinajstić information content (AvgIpc) is 2.45. The summed E-state index contributed by atoms with van der Waals surface area (Å²) in [6.07, 6.45) is 1.71. The molecular formula is C16H15N3. The van der Waals surface area contributed by atoms with E-state index in [1.807, 2.05) is 12.1 Å². The molecule has 0 aliphatic rings. The summed E-state index contributed by atoms with van der Waals surface area (Å²) in [5.41, 5.74) is 7.93. The Morgan fingerprint density at radius 2 is 1.84 bits per heavy atom. The number of aromatic nitrogens is 1. The van der Waals surface area contributed by atoms with Crippen molar-refractivity contribution in [2.24, 2.45) is 0 Å². The second kappa shape index (κ2) is 4.98. The fourth-order valence-electron chi connectivity index (χ4n) is 2.20. The van der Waals surface area contributed by atoms with E-state index < -0.39 is 0 Å². The number of hydrogen-bond acceptors (Lipinski definition) is 3. The van der Waals surface area contributed by atoms with Crippen molar-refractivity contribution >= 4 is 22.3 Å². The average molecular weight is 249 g/mol. The molecule has 0 bridgehead atoms. The third-order valence-electron chi connectivity index (χ3n) is 3.14. The predicted octanol–water partition coefficient (Wildman–Crippen LogP) is 3.43. The standard InChI is InChI=1S/C16H15N3/c17-16-10-14(8-9-18-16)19-11-13-6-3-5-12-4-1-2-7-15(12)13/h1-10H,11H2,(H3,17,18,19). The minimum atomic E-state index is 0.530. The molecule has 19 heavy (non-hydrogen) atoms. The van der Waals surface area contributed by atoms with Gasteiger partial charge in [0.1, 0.15) is 5.82 Å². The zero-order valence-electron chi connectivity index (χ0n) is 10.5. The van der Waals surface area contributed by atoms with Crippen molar-refractivity contribution in [2.45, 2.75) is 6.54 Å². The molecule has 3 N–H and O–H groups in total. The first-order valence-electron chi connectivity index (χ1n) is 6.25. The van der Waals surface area contributed by atoms with Gasteiger partial charge in [0.05, 0.1) is 0 Å². The van der Waals surface area contributed by atoms with Gasteiger partial charge in [0.25, 0.3) is 0 Å². The van der Waals surface area contributed by atoms with E-state index in [1.165, 1.54) is 16.3 Å². The van der Waals surface area contributed by atoms with Gasteiger partial charge >= 0.3 is 0 Å². The van der Waals surface area contributed by atoms with Crippen LogP contribution in [0.5, 0.6) is 0 Å². The largest absolute Gasteiger partial charge is 0.384 e. The molecular weight excluding hydrogens is 234 g/mol. The van der Waals surface area contributed by atoms with Crippen molar-refractivity contribution in [1.82, 2.24) is 4.98 Å². The number of pyridine rings is 1. The zero-order valence-corrected chi connectivity index (χ0v) is 10.5. The first-order chi connectivity index (χ1) is 9.33. The van der Waals surface area contributed by atoms with Crippen molar-refractivity contribution in [3.63, 3.8) is 0 Å². The summed E-state index contributed by atoms with van der Waals surface area (Å²) < 4.78 is 0. The van der Waals surface area contributed by atoms with Gasteiger partial charge in [-0.25, -0.2) is 4.98 Å². The highest BCUT2D eigenvalue weighted by Crippen LogP contribution is 2.20. The summed E-state index contributed by atoms with van der Waals surface area (Å²) in [7, 11) is 0. The van der Waals surface area contributed by atoms with Crippen LogP contribution >= 0.6 is 0 Å². The number of nitrogens with one attached hydrogen (secondary N) is 1. The Bertz CT molecular complexity index is 702. The Hall–Kier alpha value is -2.55. The quantitative estimate of drug-likeness (QED) is 0.747. The Morgan fingerprint density at radius 3 is 2.74 bits per heavy atom. The number of rotatable bonds is 3. The van der Waals surface area contributed by atoms with Crippen LogP contribution in [0.4, 0.5) is 11.5 Å². The van der Waals surface area contributed by atoms with Gasteiger partial charge in [0, 0.05) is 24.5 Å². The highest BCUT2D eigenvalue weighted by atomic mass is 14.9. The molecule has 0 amide bonds. The minimum absolute atomic E-state index is 0.530. The molecule has 0 aliphatic carbocycles. The third kappa shape index (κ3) is 2.50. The van der Waals surface area contributed by atoms with E-state index in [0.29, 0.717) is 5.82 Å². The summed E-state index contributed by atoms with van der Waals surface area (Å²) in [6.45, 7) is 0.769. The summed E-state index contributed by atoms with van der Waals surface area (Å²) in [5.74, 6) is 0.530. The monoisotopic (exact) mass is 249 g/mol. The van der Waals surface area contributed by atoms with Crippen LogP contribution < -0.4 is 11.1 Å². The molecule has 0 radical (unpaired) electrons. The van der Waals surface area contributed by atoms with E-state index in [4.69, 9.17) is 5.73 Å². The lowest BCUT2D eigenvalue weighted by Crippen LogP contribution is -2.01. The molecule has 0 fully saturated rings. The van der Waals surface area contributed by atoms with Gasteiger partial charge < -0.3 is 11.1 Å². The van der Waals surface area contributed by atoms with Crippen LogP contribution in [0.25, 0.3) is 10.8 Å². The molecule has 1 heterocycles. The van der Waals surface area contributed by atoms with Gasteiger partial charge in [-0.2, -0.15) is 0 Å². The Kier molecular flexibility index (Phi) is 3.02. The lowest BCUT2D eigenvalue weighted by molar-refractivity contribution is 1.16. The fraction of sp³-hybridized carbons (Fsp3) is 0.0625. The second-order valence-corrected chi connectivity index (χ2v) is 4.46. The van der Waals surface area contributed by atoms with Crippen LogP contribution in [0.2, 0.25) is 0 Å². The van der Waals surface area contributed by atoms with E-state index >= 15 is 0 Å². The van der Waals surface area contributed by atoms with Gasteiger partial charge in [0.2, 0.25) is 0 Å². The Morgan fingerprint density at radius 1 is 1.00 bits per heavy atom. The van der Waals surface area contributed by atoms with Gasteiger partial charge in [-0.3, -0.25) is 0 Å². The van der Waals surface area contributed by atoms with Crippen LogP contribution in [-0.2, 0) is 6.54 Å². The van der Waals surface area contributed by atoms with Crippen LogP contribution in [0.3, 0.4) is 0 Å². The van der Waals surface area contributed by atoms with E-state index in [-0.39, 0.29) is 0 Å². The third-order valence-corrected chi connectivity index (χ3v) is 3.14. The van der Waals surface area contributed by atoms with E-state index in [1.54, 1.807) is 6.20 Å². The maximum absolute atomic E-state index is 5.67. The molecule has 1 aromatic heterocycles. The lowest BCUT2D eigenvalue weighted by Gasteiger charge is -2.09. The van der Waals surface area contributed by atoms with Gasteiger partial charge in [-0.15, -0.1) is 0 Å². The molecule has 2 aromatic carbocycles. The summed E-state index contributed by atoms with van der Waals surface area (Å²) >= 11 is 0. The first kappa shape index (κ1) is 11.5. The Balaban J connectivity index is 1.86. The lowest BCUT2D eigenvalue weighted by atomic mass is 10.0. The summed E-state index contributed by atoms with van der Waals surface area (Å²) in [6, 6.07) is 18.5. The summed E-state index contributed by atoms with van der Waals surface area (Å²) in [4.78, 5) is 3.98. The summed E-state index contributed by atoms with van der Waals surface area (Å²) in [5, 5.41) is 5.91. The molecule has 94 valence electrons. The molecule has 3 rings (SSSR count). The van der Waals surface area contributed by atoms with E-state index in [0.717, 1.165) is 12.2 Å². The number of anilines is 2. The predicted molar refractivity (Wildman–Crippen MR) is 79.9 cm³/mol. The van der Waals surface area contributed by atoms with Crippen LogP contribution in [0, 0.1) is 0 Å². The molecule has 3 nitrogen and oxygen atoms in total.